The van der Waals surface area contributed by atoms with Crippen LogP contribution in [0, 0.1) is 17.8 Å². The Morgan fingerprint density at radius 3 is 1.57 bits per heavy atom. The van der Waals surface area contributed by atoms with Gasteiger partial charge in [0.05, 0.1) is 0 Å². The number of hydrogen-bond donors (Lipinski definition) is 1. The van der Waals surface area contributed by atoms with Crippen molar-refractivity contribution in [2.24, 2.45) is 17.8 Å². The Balaban J connectivity index is 2.12. The van der Waals surface area contributed by atoms with Crippen molar-refractivity contribution in [3.63, 3.8) is 0 Å². The summed E-state index contributed by atoms with van der Waals surface area (Å²) >= 11 is -1.99. The Morgan fingerprint density at radius 1 is 0.857 bits per heavy atom. The zero-order chi connectivity index (χ0) is 15.4. The van der Waals surface area contributed by atoms with Crippen LogP contribution >= 0.6 is 0 Å². The van der Waals surface area contributed by atoms with Crippen molar-refractivity contribution in [3.05, 3.63) is 48.6 Å². The third-order valence-electron chi connectivity index (χ3n) is 4.08. The van der Waals surface area contributed by atoms with Crippen molar-refractivity contribution in [2.45, 2.75) is 36.0 Å². The average Bonchev–Trinajstić information content (AvgIpc) is 3.08. The zero-order valence-electron chi connectivity index (χ0n) is 13.4. The molecule has 114 valence electrons. The SMILES string of the molecule is CC(C)C(C(=O)[NH][Nb]([CH]1C=CC=C1)[CH]1C=CC=C1)C(C)C. The van der Waals surface area contributed by atoms with Crippen LogP contribution in [0.25, 0.3) is 0 Å². The molecule has 2 aliphatic rings. The Kier molecular flexibility index (Phi) is 5.86. The number of rotatable bonds is 6. The predicted molar refractivity (Wildman–Crippen MR) is 85.4 cm³/mol. The van der Waals surface area contributed by atoms with E-state index in [1.807, 2.05) is 0 Å². The molecular weight excluding hydrogens is 339 g/mol. The van der Waals surface area contributed by atoms with E-state index in [1.165, 1.54) is 0 Å². The van der Waals surface area contributed by atoms with Crippen LogP contribution in [0.2, 0.25) is 8.27 Å². The molecule has 0 radical (unpaired) electrons. The molecule has 0 aliphatic heterocycles. The third-order valence-corrected chi connectivity index (χ3v) is 10.1. The van der Waals surface area contributed by atoms with Crippen LogP contribution in [0.15, 0.2) is 48.6 Å². The molecule has 0 saturated heterocycles. The molecule has 3 heteroatoms. The molecule has 0 bridgehead atoms. The van der Waals surface area contributed by atoms with Gasteiger partial charge in [0.25, 0.3) is 0 Å². The molecule has 0 atom stereocenters. The summed E-state index contributed by atoms with van der Waals surface area (Å²) in [6.45, 7) is 8.60. The van der Waals surface area contributed by atoms with Gasteiger partial charge in [0.15, 0.2) is 0 Å². The van der Waals surface area contributed by atoms with Crippen LogP contribution in [0.3, 0.4) is 0 Å². The minimum absolute atomic E-state index is 0.112. The van der Waals surface area contributed by atoms with Crippen molar-refractivity contribution in [1.82, 2.24) is 3.72 Å². The van der Waals surface area contributed by atoms with Gasteiger partial charge in [0, 0.05) is 0 Å². The first-order valence-electron chi connectivity index (χ1n) is 7.79. The molecule has 0 fully saturated rings. The van der Waals surface area contributed by atoms with Crippen molar-refractivity contribution in [3.8, 4) is 0 Å². The second-order valence-corrected chi connectivity index (χ2v) is 11.9. The van der Waals surface area contributed by atoms with E-state index >= 15 is 0 Å². The Morgan fingerprint density at radius 2 is 1.24 bits per heavy atom. The summed E-state index contributed by atoms with van der Waals surface area (Å²) in [5.41, 5.74) is 0. The fraction of sp³-hybridized carbons (Fsp3) is 0.500. The number of amides is 1. The first-order valence-corrected chi connectivity index (χ1v) is 11.4. The Labute approximate surface area is 135 Å². The van der Waals surface area contributed by atoms with E-state index in [9.17, 15) is 4.79 Å². The third kappa shape index (κ3) is 4.09. The van der Waals surface area contributed by atoms with E-state index in [2.05, 4.69) is 80.0 Å². The molecule has 21 heavy (non-hydrogen) atoms. The maximum atomic E-state index is 12.8. The Hall–Kier alpha value is -0.830. The summed E-state index contributed by atoms with van der Waals surface area (Å²) in [5.74, 6) is 1.15. The standard InChI is InChI=1S/C8H17NO.2C5H5.Nb/c1-5(2)7(6(3)4)8(9)10;2*1-2-4-5-3-1;/h5-7H,1-4H3,(H2,9,10);2*1-5H;/q;;;+1/p-1. The van der Waals surface area contributed by atoms with E-state index in [-0.39, 0.29) is 11.8 Å². The van der Waals surface area contributed by atoms with Gasteiger partial charge in [-0.05, 0) is 0 Å². The summed E-state index contributed by atoms with van der Waals surface area (Å²) in [6.07, 6.45) is 17.5. The summed E-state index contributed by atoms with van der Waals surface area (Å²) in [6, 6.07) is 0. The molecule has 0 spiro atoms. The van der Waals surface area contributed by atoms with Crippen LogP contribution in [0.1, 0.15) is 27.7 Å². The zero-order valence-corrected chi connectivity index (χ0v) is 15.6. The van der Waals surface area contributed by atoms with Crippen LogP contribution in [-0.2, 0) is 23.5 Å². The second-order valence-electron chi connectivity index (χ2n) is 6.42. The van der Waals surface area contributed by atoms with Crippen molar-refractivity contribution < 1.29 is 23.5 Å². The maximum absolute atomic E-state index is 12.8. The first-order chi connectivity index (χ1) is 10.0. The second kappa shape index (κ2) is 7.44. The average molecular weight is 365 g/mol. The van der Waals surface area contributed by atoms with Gasteiger partial charge >= 0.3 is 135 Å². The van der Waals surface area contributed by atoms with Gasteiger partial charge in [-0.25, -0.2) is 0 Å². The van der Waals surface area contributed by atoms with Gasteiger partial charge in [-0.1, -0.05) is 0 Å². The van der Waals surface area contributed by atoms with Gasteiger partial charge in [-0.15, -0.1) is 0 Å². The molecule has 2 rings (SSSR count). The van der Waals surface area contributed by atoms with Gasteiger partial charge in [0.1, 0.15) is 0 Å². The van der Waals surface area contributed by atoms with Crippen LogP contribution in [0.5, 0.6) is 0 Å². The van der Waals surface area contributed by atoms with Gasteiger partial charge in [-0.2, -0.15) is 0 Å². The van der Waals surface area contributed by atoms with Crippen molar-refractivity contribution >= 4 is 5.91 Å². The summed E-state index contributed by atoms with van der Waals surface area (Å²) in [4.78, 5) is 12.8. The molecular formula is C18H26NNbO. The van der Waals surface area contributed by atoms with Gasteiger partial charge < -0.3 is 0 Å². The molecule has 0 saturated carbocycles. The quantitative estimate of drug-likeness (QED) is 0.695. The molecule has 0 aromatic rings. The Bertz CT molecular complexity index is 427. The molecule has 2 aliphatic carbocycles. The fourth-order valence-electron chi connectivity index (χ4n) is 3.14. The van der Waals surface area contributed by atoms with E-state index < -0.39 is 18.7 Å². The van der Waals surface area contributed by atoms with Crippen LogP contribution < -0.4 is 3.72 Å². The summed E-state index contributed by atoms with van der Waals surface area (Å²) < 4.78 is 4.44. The molecule has 0 unspecified atom stereocenters. The van der Waals surface area contributed by atoms with Crippen LogP contribution in [0.4, 0.5) is 0 Å². The van der Waals surface area contributed by atoms with Crippen molar-refractivity contribution in [1.29, 1.82) is 0 Å². The van der Waals surface area contributed by atoms with Gasteiger partial charge in [0.2, 0.25) is 0 Å². The summed E-state index contributed by atoms with van der Waals surface area (Å²) in [7, 11) is 0. The minimum atomic E-state index is -1.99. The first kappa shape index (κ1) is 16.5. The van der Waals surface area contributed by atoms with E-state index in [0.29, 0.717) is 20.1 Å². The molecule has 0 aromatic heterocycles. The molecule has 0 heterocycles. The number of hydrogen-bond acceptors (Lipinski definition) is 1. The number of allylic oxidation sites excluding steroid dienone is 8. The summed E-state index contributed by atoms with van der Waals surface area (Å²) in [5, 5.41) is 0. The molecule has 1 N–H and O–H groups in total. The fourth-order valence-corrected chi connectivity index (χ4v) is 8.64. The normalized spacial score (nSPS) is 18.3. The van der Waals surface area contributed by atoms with Crippen molar-refractivity contribution in [2.75, 3.05) is 0 Å². The van der Waals surface area contributed by atoms with E-state index in [0.717, 1.165) is 0 Å². The molecule has 0 aromatic carbocycles. The molecule has 1 amide bonds. The number of carbonyl (C=O) groups is 1. The number of carbonyl (C=O) groups excluding carboxylic acids is 1. The molecule has 2 nitrogen and oxygen atoms in total. The monoisotopic (exact) mass is 365 g/mol. The topological polar surface area (TPSA) is 29.1 Å². The number of nitrogens with one attached hydrogen (secondary N) is 1. The van der Waals surface area contributed by atoms with E-state index in [4.69, 9.17) is 0 Å². The van der Waals surface area contributed by atoms with Crippen LogP contribution in [-0.4, -0.2) is 5.91 Å². The van der Waals surface area contributed by atoms with E-state index in [1.54, 1.807) is 0 Å². The van der Waals surface area contributed by atoms with Gasteiger partial charge in [-0.3, -0.25) is 0 Å². The predicted octanol–water partition coefficient (Wildman–Crippen LogP) is 4.39.